The Labute approximate surface area is 160 Å². The van der Waals surface area contributed by atoms with Crippen molar-refractivity contribution in [3.63, 3.8) is 0 Å². The summed E-state index contributed by atoms with van der Waals surface area (Å²) in [5.74, 6) is -0.624. The largest absolute Gasteiger partial charge is 0.508 e. The molecule has 0 aliphatic carbocycles. The van der Waals surface area contributed by atoms with Gasteiger partial charge >= 0.3 is 0 Å². The average Bonchev–Trinajstić information content (AvgIpc) is 2.67. The number of aliphatic hydroxyl groups is 4. The van der Waals surface area contributed by atoms with Crippen LogP contribution in [-0.2, 0) is 4.74 Å². The molecule has 28 heavy (non-hydrogen) atoms. The van der Waals surface area contributed by atoms with Crippen LogP contribution in [-0.4, -0.2) is 66.8 Å². The van der Waals surface area contributed by atoms with Crippen molar-refractivity contribution in [2.45, 2.75) is 30.5 Å². The SMILES string of the molecule is OC[C@H]1O[C@@H](c2c(O)cc(/C=C/c3ccc(O)cc3)cc2O)[C@H](O)[C@@H](O)[C@H]1O. The first-order chi connectivity index (χ1) is 13.3. The third kappa shape index (κ3) is 3.96. The van der Waals surface area contributed by atoms with E-state index < -0.39 is 37.1 Å². The summed E-state index contributed by atoms with van der Waals surface area (Å²) >= 11 is 0. The van der Waals surface area contributed by atoms with Gasteiger partial charge in [0.1, 0.15) is 47.8 Å². The molecular formula is C20H22O8. The summed E-state index contributed by atoms with van der Waals surface area (Å²) in [6.45, 7) is -0.615. The van der Waals surface area contributed by atoms with Gasteiger partial charge in [-0.2, -0.15) is 0 Å². The van der Waals surface area contributed by atoms with Crippen LogP contribution in [0.15, 0.2) is 36.4 Å². The van der Waals surface area contributed by atoms with Crippen molar-refractivity contribution in [1.29, 1.82) is 0 Å². The molecule has 0 unspecified atom stereocenters. The van der Waals surface area contributed by atoms with Crippen molar-refractivity contribution in [1.82, 2.24) is 0 Å². The highest BCUT2D eigenvalue weighted by molar-refractivity contribution is 5.72. The van der Waals surface area contributed by atoms with E-state index in [1.54, 1.807) is 24.3 Å². The van der Waals surface area contributed by atoms with E-state index in [1.165, 1.54) is 24.3 Å². The van der Waals surface area contributed by atoms with Gasteiger partial charge in [0, 0.05) is 0 Å². The number of hydrogen-bond acceptors (Lipinski definition) is 8. The molecule has 7 N–H and O–H groups in total. The van der Waals surface area contributed by atoms with Crippen molar-refractivity contribution in [2.75, 3.05) is 6.61 Å². The Balaban J connectivity index is 1.88. The smallest absolute Gasteiger partial charge is 0.125 e. The molecule has 150 valence electrons. The lowest BCUT2D eigenvalue weighted by atomic mass is 9.90. The number of aromatic hydroxyl groups is 3. The Hall–Kier alpha value is -2.62. The average molecular weight is 390 g/mol. The third-order valence-corrected chi connectivity index (χ3v) is 4.70. The number of phenols is 3. The maximum Gasteiger partial charge on any atom is 0.125 e. The number of ether oxygens (including phenoxy) is 1. The van der Waals surface area contributed by atoms with Gasteiger partial charge in [-0.05, 0) is 35.4 Å². The molecule has 0 saturated carbocycles. The standard InChI is InChI=1S/C20H22O8/c21-9-15-17(25)18(26)19(27)20(28-15)16-13(23)7-11(8-14(16)24)2-1-10-3-5-12(22)6-4-10/h1-8,15,17-27H,9H2/b2-1+/t15-,17+,18+,19-,20+/m1/s1. The molecule has 1 saturated heterocycles. The summed E-state index contributed by atoms with van der Waals surface area (Å²) in [7, 11) is 0. The van der Waals surface area contributed by atoms with Gasteiger partial charge in [0.15, 0.2) is 0 Å². The van der Waals surface area contributed by atoms with Crippen molar-refractivity contribution in [3.05, 3.63) is 53.1 Å². The topological polar surface area (TPSA) is 151 Å². The summed E-state index contributed by atoms with van der Waals surface area (Å²) in [5.41, 5.74) is 1.09. The quantitative estimate of drug-likeness (QED) is 0.373. The van der Waals surface area contributed by atoms with E-state index in [2.05, 4.69) is 0 Å². The van der Waals surface area contributed by atoms with E-state index in [4.69, 9.17) is 4.74 Å². The van der Waals surface area contributed by atoms with Crippen LogP contribution < -0.4 is 0 Å². The minimum absolute atomic E-state index is 0.135. The highest BCUT2D eigenvalue weighted by Crippen LogP contribution is 2.42. The molecule has 3 rings (SSSR count). The van der Waals surface area contributed by atoms with Crippen LogP contribution in [0.2, 0.25) is 0 Å². The summed E-state index contributed by atoms with van der Waals surface area (Å²) in [6, 6.07) is 9.11. The predicted octanol–water partition coefficient (Wildman–Crippen LogP) is 0.489. The van der Waals surface area contributed by atoms with Crippen LogP contribution >= 0.6 is 0 Å². The van der Waals surface area contributed by atoms with Crippen LogP contribution in [0, 0.1) is 0 Å². The van der Waals surface area contributed by atoms with Gasteiger partial charge in [-0.3, -0.25) is 0 Å². The van der Waals surface area contributed by atoms with E-state index in [-0.39, 0.29) is 22.8 Å². The molecule has 1 aliphatic rings. The lowest BCUT2D eigenvalue weighted by molar-refractivity contribution is -0.232. The molecule has 0 radical (unpaired) electrons. The zero-order valence-electron chi connectivity index (χ0n) is 14.8. The number of hydrogen-bond donors (Lipinski definition) is 7. The van der Waals surface area contributed by atoms with Gasteiger partial charge < -0.3 is 40.5 Å². The van der Waals surface area contributed by atoms with Gasteiger partial charge in [0.05, 0.1) is 12.2 Å². The van der Waals surface area contributed by atoms with Gasteiger partial charge in [0.2, 0.25) is 0 Å². The van der Waals surface area contributed by atoms with E-state index in [0.717, 1.165) is 5.56 Å². The fourth-order valence-corrected chi connectivity index (χ4v) is 3.15. The number of benzene rings is 2. The second-order valence-corrected chi connectivity index (χ2v) is 6.65. The Morgan fingerprint density at radius 1 is 0.786 bits per heavy atom. The molecular weight excluding hydrogens is 368 g/mol. The van der Waals surface area contributed by atoms with Crippen molar-refractivity contribution >= 4 is 12.2 Å². The zero-order valence-corrected chi connectivity index (χ0v) is 14.8. The molecule has 2 aromatic carbocycles. The Kier molecular flexibility index (Phi) is 5.87. The molecule has 8 nitrogen and oxygen atoms in total. The van der Waals surface area contributed by atoms with Crippen molar-refractivity contribution in [2.24, 2.45) is 0 Å². The van der Waals surface area contributed by atoms with Gasteiger partial charge in [0.25, 0.3) is 0 Å². The molecule has 8 heteroatoms. The molecule has 1 fully saturated rings. The summed E-state index contributed by atoms with van der Waals surface area (Å²) in [4.78, 5) is 0. The van der Waals surface area contributed by atoms with Crippen LogP contribution in [0.25, 0.3) is 12.2 Å². The molecule has 2 aromatic rings. The van der Waals surface area contributed by atoms with Crippen LogP contribution in [0.4, 0.5) is 0 Å². The second kappa shape index (κ2) is 8.17. The first-order valence-electron chi connectivity index (χ1n) is 8.65. The third-order valence-electron chi connectivity index (χ3n) is 4.70. The molecule has 0 spiro atoms. The zero-order chi connectivity index (χ0) is 20.4. The molecule has 1 heterocycles. The van der Waals surface area contributed by atoms with E-state index in [0.29, 0.717) is 5.56 Å². The summed E-state index contributed by atoms with van der Waals surface area (Å²) in [5, 5.41) is 69.3. The normalized spacial score (nSPS) is 27.9. The van der Waals surface area contributed by atoms with Crippen molar-refractivity contribution in [3.8, 4) is 17.2 Å². The van der Waals surface area contributed by atoms with Gasteiger partial charge in [-0.15, -0.1) is 0 Å². The maximum absolute atomic E-state index is 10.4. The first-order valence-corrected chi connectivity index (χ1v) is 8.65. The lowest BCUT2D eigenvalue weighted by Gasteiger charge is -2.40. The van der Waals surface area contributed by atoms with Crippen molar-refractivity contribution < 1.29 is 40.5 Å². The predicted molar refractivity (Wildman–Crippen MR) is 99.5 cm³/mol. The van der Waals surface area contributed by atoms with Crippen LogP contribution in [0.1, 0.15) is 22.8 Å². The summed E-state index contributed by atoms with van der Waals surface area (Å²) < 4.78 is 5.39. The highest BCUT2D eigenvalue weighted by atomic mass is 16.5. The van der Waals surface area contributed by atoms with Crippen LogP contribution in [0.5, 0.6) is 17.2 Å². The van der Waals surface area contributed by atoms with Gasteiger partial charge in [-0.1, -0.05) is 24.3 Å². The van der Waals surface area contributed by atoms with E-state index in [1.807, 2.05) is 0 Å². The monoisotopic (exact) mass is 390 g/mol. The molecule has 0 aromatic heterocycles. The molecule has 1 aliphatic heterocycles. The minimum Gasteiger partial charge on any atom is -0.508 e. The Bertz CT molecular complexity index is 823. The molecule has 0 bridgehead atoms. The summed E-state index contributed by atoms with van der Waals surface area (Å²) in [6.07, 6.45) is -3.93. The fourth-order valence-electron chi connectivity index (χ4n) is 3.15. The highest BCUT2D eigenvalue weighted by Gasteiger charge is 2.45. The van der Waals surface area contributed by atoms with Gasteiger partial charge in [-0.25, -0.2) is 0 Å². The Morgan fingerprint density at radius 2 is 1.36 bits per heavy atom. The number of rotatable bonds is 4. The minimum atomic E-state index is -1.62. The molecule has 0 amide bonds. The second-order valence-electron chi connectivity index (χ2n) is 6.65. The van der Waals surface area contributed by atoms with E-state index >= 15 is 0 Å². The number of phenolic OH excluding ortho intramolecular Hbond substituents is 3. The fraction of sp³-hybridized carbons (Fsp3) is 0.300. The maximum atomic E-state index is 10.4. The van der Waals surface area contributed by atoms with Crippen LogP contribution in [0.3, 0.4) is 0 Å². The lowest BCUT2D eigenvalue weighted by Crippen LogP contribution is -2.55. The number of aliphatic hydroxyl groups excluding tert-OH is 4. The first kappa shape index (κ1) is 20.1. The van der Waals surface area contributed by atoms with E-state index in [9.17, 15) is 35.7 Å². The molecule has 5 atom stereocenters. The Morgan fingerprint density at radius 3 is 1.93 bits per heavy atom.